The molecule has 1 unspecified atom stereocenters. The molecule has 2 saturated heterocycles. The summed E-state index contributed by atoms with van der Waals surface area (Å²) in [6.45, 7) is 5.87. The highest BCUT2D eigenvalue weighted by Crippen LogP contribution is 2.39. The van der Waals surface area contributed by atoms with Crippen molar-refractivity contribution in [2.24, 2.45) is 0 Å². The van der Waals surface area contributed by atoms with Gasteiger partial charge in [-0.3, -0.25) is 4.79 Å². The Balaban J connectivity index is 1.32. The van der Waals surface area contributed by atoms with Crippen LogP contribution in [0, 0.1) is 11.3 Å². The molecule has 2 N–H and O–H groups in total. The first kappa shape index (κ1) is 28.3. The molecule has 2 aromatic heterocycles. The Morgan fingerprint density at radius 3 is 2.90 bits per heavy atom. The lowest BCUT2D eigenvalue weighted by molar-refractivity contribution is -0.131. The summed E-state index contributed by atoms with van der Waals surface area (Å²) >= 11 is 1.44. The Morgan fingerprint density at radius 1 is 1.29 bits per heavy atom. The number of carbonyl (C=O) groups excluding carboxylic acids is 1. The molecule has 0 spiro atoms. The van der Waals surface area contributed by atoms with Crippen LogP contribution in [0.4, 0.5) is 15.3 Å². The SMILES string of the molecule is C=C(F)C(=O)N1CCN(c2nc(OC[C@@H]3CCCN3C)nc3c2COC(c2cccc4sc(N)nc24)C3)C[C@@H]1CC#N. The number of hydrogen-bond acceptors (Lipinski definition) is 11. The van der Waals surface area contributed by atoms with Crippen LogP contribution in [0.2, 0.25) is 0 Å². The Morgan fingerprint density at radius 2 is 2.14 bits per heavy atom. The van der Waals surface area contributed by atoms with Gasteiger partial charge in [-0.25, -0.2) is 9.37 Å². The highest BCUT2D eigenvalue weighted by molar-refractivity contribution is 7.22. The van der Waals surface area contributed by atoms with Crippen LogP contribution >= 0.6 is 11.3 Å². The number of hydrogen-bond donors (Lipinski definition) is 1. The number of piperazine rings is 1. The molecule has 1 amide bonds. The molecule has 3 aliphatic heterocycles. The predicted molar refractivity (Wildman–Crippen MR) is 157 cm³/mol. The molecule has 2 fully saturated rings. The number of likely N-dealkylation sites (tertiary alicyclic amines) is 1. The van der Waals surface area contributed by atoms with Crippen molar-refractivity contribution in [1.29, 1.82) is 5.26 Å². The summed E-state index contributed by atoms with van der Waals surface area (Å²) in [4.78, 5) is 32.4. The smallest absolute Gasteiger partial charge is 0.318 e. The number of fused-ring (bicyclic) bond motifs is 2. The third-order valence-corrected chi connectivity index (χ3v) is 9.20. The molecule has 0 radical (unpaired) electrons. The highest BCUT2D eigenvalue weighted by atomic mass is 32.1. The number of anilines is 2. The summed E-state index contributed by atoms with van der Waals surface area (Å²) in [6, 6.07) is 8.17. The summed E-state index contributed by atoms with van der Waals surface area (Å²) in [7, 11) is 2.09. The van der Waals surface area contributed by atoms with Crippen molar-refractivity contribution in [3.63, 3.8) is 0 Å². The highest BCUT2D eigenvalue weighted by Gasteiger charge is 2.36. The minimum Gasteiger partial charge on any atom is -0.462 e. The molecular formula is C29H33FN8O3S. The van der Waals surface area contributed by atoms with E-state index in [0.29, 0.717) is 43.1 Å². The van der Waals surface area contributed by atoms with E-state index in [2.05, 4.69) is 29.6 Å². The molecule has 3 aromatic rings. The summed E-state index contributed by atoms with van der Waals surface area (Å²) in [6.07, 6.45) is 2.44. The molecular weight excluding hydrogens is 559 g/mol. The molecule has 220 valence electrons. The number of para-hydroxylation sites is 1. The lowest BCUT2D eigenvalue weighted by Gasteiger charge is -2.42. The van der Waals surface area contributed by atoms with Gasteiger partial charge in [0, 0.05) is 43.2 Å². The number of thiazole rings is 1. The van der Waals surface area contributed by atoms with Crippen molar-refractivity contribution >= 4 is 38.4 Å². The predicted octanol–water partition coefficient (Wildman–Crippen LogP) is 3.37. The zero-order valence-corrected chi connectivity index (χ0v) is 24.3. The number of nitrogen functional groups attached to an aromatic ring is 1. The van der Waals surface area contributed by atoms with Crippen molar-refractivity contribution in [3.05, 3.63) is 47.4 Å². The first-order valence-electron chi connectivity index (χ1n) is 14.1. The molecule has 0 saturated carbocycles. The molecule has 42 heavy (non-hydrogen) atoms. The molecule has 1 aromatic carbocycles. The van der Waals surface area contributed by atoms with Gasteiger partial charge < -0.3 is 29.9 Å². The summed E-state index contributed by atoms with van der Waals surface area (Å²) < 4.78 is 27.3. The number of aromatic nitrogens is 3. The van der Waals surface area contributed by atoms with E-state index in [1.165, 1.54) is 16.2 Å². The lowest BCUT2D eigenvalue weighted by Crippen LogP contribution is -2.55. The average molecular weight is 593 g/mol. The van der Waals surface area contributed by atoms with E-state index < -0.39 is 17.8 Å². The number of carbonyl (C=O) groups is 1. The van der Waals surface area contributed by atoms with Gasteiger partial charge in [0.2, 0.25) is 0 Å². The Bertz CT molecular complexity index is 1560. The van der Waals surface area contributed by atoms with E-state index in [1.54, 1.807) is 0 Å². The maximum Gasteiger partial charge on any atom is 0.318 e. The van der Waals surface area contributed by atoms with Crippen molar-refractivity contribution in [2.75, 3.05) is 50.5 Å². The maximum absolute atomic E-state index is 13.8. The van der Waals surface area contributed by atoms with Crippen LogP contribution in [0.15, 0.2) is 30.6 Å². The van der Waals surface area contributed by atoms with Gasteiger partial charge >= 0.3 is 6.01 Å². The summed E-state index contributed by atoms with van der Waals surface area (Å²) in [5.74, 6) is -1.17. The number of likely N-dealkylation sites (N-methyl/N-ethyl adjacent to an activating group) is 1. The van der Waals surface area contributed by atoms with Gasteiger partial charge in [-0.15, -0.1) is 0 Å². The first-order valence-corrected chi connectivity index (χ1v) is 14.9. The van der Waals surface area contributed by atoms with E-state index in [0.717, 1.165) is 46.4 Å². The maximum atomic E-state index is 13.8. The Kier molecular flexibility index (Phi) is 7.94. The zero-order chi connectivity index (χ0) is 29.4. The topological polar surface area (TPSA) is 134 Å². The minimum atomic E-state index is -1.03. The second kappa shape index (κ2) is 11.8. The van der Waals surface area contributed by atoms with E-state index in [1.807, 2.05) is 23.1 Å². The molecule has 3 aliphatic rings. The van der Waals surface area contributed by atoms with Crippen LogP contribution in [-0.2, 0) is 22.6 Å². The molecule has 0 bridgehead atoms. The fourth-order valence-corrected chi connectivity index (χ4v) is 6.88. The van der Waals surface area contributed by atoms with Crippen LogP contribution < -0.4 is 15.4 Å². The molecule has 6 rings (SSSR count). The normalized spacial score (nSPS) is 22.6. The first-order chi connectivity index (χ1) is 20.3. The second-order valence-corrected chi connectivity index (χ2v) is 12.0. The third-order valence-electron chi connectivity index (χ3n) is 8.35. The van der Waals surface area contributed by atoms with Crippen LogP contribution in [-0.4, -0.2) is 82.6 Å². The molecule has 13 heteroatoms. The number of amides is 1. The van der Waals surface area contributed by atoms with Crippen molar-refractivity contribution in [2.45, 2.75) is 50.5 Å². The number of nitrogens with zero attached hydrogens (tertiary/aromatic N) is 7. The van der Waals surface area contributed by atoms with Crippen molar-refractivity contribution < 1.29 is 18.7 Å². The standard InChI is InChI=1S/C29H33FN8O3S/c1-17(30)27(39)38-12-11-37(14-18(38)8-9-31)26-21-16-40-23(20-6-3-7-24-25(20)34-28(32)42-24)13-22(21)33-29(35-26)41-15-19-5-4-10-36(19)2/h3,6-7,18-19,23H,1,4-5,8,10-16H2,2H3,(H2,32,34)/t18-,19-,23?/m0/s1. The van der Waals surface area contributed by atoms with Gasteiger partial charge in [0.05, 0.1) is 47.2 Å². The minimum absolute atomic E-state index is 0.0551. The van der Waals surface area contributed by atoms with E-state index >= 15 is 0 Å². The average Bonchev–Trinajstić information content (AvgIpc) is 3.58. The number of benzene rings is 1. The van der Waals surface area contributed by atoms with E-state index in [4.69, 9.17) is 25.2 Å². The van der Waals surface area contributed by atoms with Gasteiger partial charge in [0.25, 0.3) is 5.91 Å². The van der Waals surface area contributed by atoms with Gasteiger partial charge in [0.1, 0.15) is 12.4 Å². The van der Waals surface area contributed by atoms with E-state index in [9.17, 15) is 14.4 Å². The van der Waals surface area contributed by atoms with Crippen LogP contribution in [0.25, 0.3) is 10.2 Å². The van der Waals surface area contributed by atoms with E-state index in [-0.39, 0.29) is 31.7 Å². The third kappa shape index (κ3) is 5.49. The number of nitriles is 1. The van der Waals surface area contributed by atoms with Gasteiger partial charge in [0.15, 0.2) is 11.0 Å². The van der Waals surface area contributed by atoms with Crippen LogP contribution in [0.5, 0.6) is 6.01 Å². The largest absolute Gasteiger partial charge is 0.462 e. The number of halogens is 1. The Labute approximate surface area is 247 Å². The second-order valence-electron chi connectivity index (χ2n) is 11.0. The number of ether oxygens (including phenoxy) is 2. The fraction of sp³-hybridized carbons (Fsp3) is 0.483. The molecule has 5 heterocycles. The monoisotopic (exact) mass is 592 g/mol. The molecule has 0 aliphatic carbocycles. The quantitative estimate of drug-likeness (QED) is 0.407. The molecule has 11 nitrogen and oxygen atoms in total. The summed E-state index contributed by atoms with van der Waals surface area (Å²) in [5, 5.41) is 9.96. The van der Waals surface area contributed by atoms with Gasteiger partial charge in [-0.1, -0.05) is 30.0 Å². The lowest BCUT2D eigenvalue weighted by atomic mass is 9.98. The van der Waals surface area contributed by atoms with Gasteiger partial charge in [-0.2, -0.15) is 15.2 Å². The van der Waals surface area contributed by atoms with Crippen LogP contribution in [0.1, 0.15) is 42.2 Å². The summed E-state index contributed by atoms with van der Waals surface area (Å²) in [5.41, 5.74) is 9.45. The zero-order valence-electron chi connectivity index (χ0n) is 23.5. The van der Waals surface area contributed by atoms with Crippen LogP contribution in [0.3, 0.4) is 0 Å². The Hall–Kier alpha value is -3.86. The van der Waals surface area contributed by atoms with Crippen molar-refractivity contribution in [3.8, 4) is 12.1 Å². The number of rotatable bonds is 7. The van der Waals surface area contributed by atoms with Gasteiger partial charge in [-0.05, 0) is 32.5 Å². The number of nitrogens with two attached hydrogens (primary N) is 1. The molecule has 3 atom stereocenters. The fourth-order valence-electron chi connectivity index (χ4n) is 6.11. The van der Waals surface area contributed by atoms with Crippen molar-refractivity contribution in [1.82, 2.24) is 24.8 Å².